The van der Waals surface area contributed by atoms with Gasteiger partial charge in [0, 0.05) is 12.1 Å². The van der Waals surface area contributed by atoms with Gasteiger partial charge in [-0.2, -0.15) is 0 Å². The highest BCUT2D eigenvalue weighted by atomic mass is 16.5. The van der Waals surface area contributed by atoms with E-state index < -0.39 is 17.6 Å². The van der Waals surface area contributed by atoms with Gasteiger partial charge >= 0.3 is 5.97 Å². The Bertz CT molecular complexity index is 289. The highest BCUT2D eigenvalue weighted by Crippen LogP contribution is 2.20. The van der Waals surface area contributed by atoms with E-state index in [1.54, 1.807) is 0 Å². The molecule has 0 aliphatic carbocycles. The molecule has 0 aromatic carbocycles. The van der Waals surface area contributed by atoms with Crippen molar-refractivity contribution >= 4 is 11.9 Å². The van der Waals surface area contributed by atoms with Gasteiger partial charge in [0.25, 0.3) is 5.91 Å². The number of hydrogen-bond donors (Lipinski definition) is 1. The van der Waals surface area contributed by atoms with Gasteiger partial charge in [-0.15, -0.1) is 0 Å². The Kier molecular flexibility index (Phi) is 4.51. The van der Waals surface area contributed by atoms with Crippen molar-refractivity contribution in [2.75, 3.05) is 13.2 Å². The minimum Gasteiger partial charge on any atom is -0.480 e. The molecule has 0 spiro atoms. The summed E-state index contributed by atoms with van der Waals surface area (Å²) >= 11 is 0. The first-order valence-corrected chi connectivity index (χ1v) is 5.97. The first-order chi connectivity index (χ1) is 7.82. The summed E-state index contributed by atoms with van der Waals surface area (Å²) in [7, 11) is 0. The fraction of sp³-hybridized carbons (Fsp3) is 0.833. The molecule has 1 atom stereocenters. The number of hydrogen-bond acceptors (Lipinski definition) is 3. The highest BCUT2D eigenvalue weighted by molar-refractivity contribution is 5.85. The van der Waals surface area contributed by atoms with E-state index in [1.807, 2.05) is 20.8 Å². The van der Waals surface area contributed by atoms with Crippen LogP contribution in [0.15, 0.2) is 0 Å². The van der Waals surface area contributed by atoms with Crippen molar-refractivity contribution < 1.29 is 19.4 Å². The normalized spacial score (nSPS) is 21.0. The van der Waals surface area contributed by atoms with E-state index in [0.29, 0.717) is 13.0 Å². The first-order valence-electron chi connectivity index (χ1n) is 5.97. The molecule has 17 heavy (non-hydrogen) atoms. The molecule has 1 fully saturated rings. The summed E-state index contributed by atoms with van der Waals surface area (Å²) in [4.78, 5) is 24.4. The monoisotopic (exact) mass is 243 g/mol. The molecule has 1 aliphatic rings. The minimum atomic E-state index is -0.996. The van der Waals surface area contributed by atoms with Crippen LogP contribution in [0, 0.1) is 0 Å². The van der Waals surface area contributed by atoms with Crippen molar-refractivity contribution in [2.45, 2.75) is 51.7 Å². The zero-order valence-electron chi connectivity index (χ0n) is 10.7. The van der Waals surface area contributed by atoms with Crippen LogP contribution in [0.25, 0.3) is 0 Å². The summed E-state index contributed by atoms with van der Waals surface area (Å²) in [6.07, 6.45) is 2.15. The second kappa shape index (κ2) is 5.49. The number of ether oxygens (including phenoxy) is 1. The predicted molar refractivity (Wildman–Crippen MR) is 62.7 cm³/mol. The molecule has 5 nitrogen and oxygen atoms in total. The second-order valence-electron chi connectivity index (χ2n) is 5.34. The average Bonchev–Trinajstić information content (AvgIpc) is 2.24. The topological polar surface area (TPSA) is 66.8 Å². The molecule has 0 bridgehead atoms. The van der Waals surface area contributed by atoms with E-state index in [0.717, 1.165) is 12.8 Å². The Morgan fingerprint density at radius 2 is 2.00 bits per heavy atom. The first kappa shape index (κ1) is 14.0. The summed E-state index contributed by atoms with van der Waals surface area (Å²) in [5, 5.41) is 8.86. The predicted octanol–water partition coefficient (Wildman–Crippen LogP) is 1.27. The number of aliphatic carboxylic acids is 1. The molecule has 1 saturated heterocycles. The van der Waals surface area contributed by atoms with Crippen molar-refractivity contribution in [2.24, 2.45) is 0 Å². The summed E-state index contributed by atoms with van der Waals surface area (Å²) in [6, 6.07) is 0. The SMILES string of the molecule is CC(C)(C)N(CC(=O)O)C(=O)C1CCCCO1. The number of carboxylic acid groups (broad SMARTS) is 1. The highest BCUT2D eigenvalue weighted by Gasteiger charge is 2.34. The number of nitrogens with zero attached hydrogens (tertiary/aromatic N) is 1. The zero-order chi connectivity index (χ0) is 13.1. The lowest BCUT2D eigenvalue weighted by atomic mass is 10.0. The van der Waals surface area contributed by atoms with Crippen molar-refractivity contribution in [3.8, 4) is 0 Å². The van der Waals surface area contributed by atoms with Gasteiger partial charge in [-0.1, -0.05) is 0 Å². The number of carboxylic acids is 1. The Balaban J connectivity index is 2.74. The molecule has 1 aliphatic heterocycles. The van der Waals surface area contributed by atoms with Crippen LogP contribution < -0.4 is 0 Å². The van der Waals surface area contributed by atoms with Crippen LogP contribution in [0.2, 0.25) is 0 Å². The van der Waals surface area contributed by atoms with Crippen LogP contribution in [-0.2, 0) is 14.3 Å². The number of amides is 1. The molecular weight excluding hydrogens is 222 g/mol. The van der Waals surface area contributed by atoms with Gasteiger partial charge in [-0.3, -0.25) is 9.59 Å². The van der Waals surface area contributed by atoms with E-state index >= 15 is 0 Å². The maximum atomic E-state index is 12.2. The van der Waals surface area contributed by atoms with Gasteiger partial charge < -0.3 is 14.7 Å². The van der Waals surface area contributed by atoms with Crippen molar-refractivity contribution in [1.82, 2.24) is 4.90 Å². The molecule has 1 rings (SSSR count). The molecule has 98 valence electrons. The fourth-order valence-electron chi connectivity index (χ4n) is 1.89. The molecule has 0 radical (unpaired) electrons. The molecular formula is C12H21NO4. The maximum absolute atomic E-state index is 12.2. The Labute approximate surface area is 102 Å². The molecule has 0 saturated carbocycles. The molecule has 1 amide bonds. The zero-order valence-corrected chi connectivity index (χ0v) is 10.7. The molecule has 0 aromatic rings. The Morgan fingerprint density at radius 3 is 2.41 bits per heavy atom. The van der Waals surface area contributed by atoms with Crippen molar-refractivity contribution in [3.05, 3.63) is 0 Å². The summed E-state index contributed by atoms with van der Waals surface area (Å²) in [5.41, 5.74) is -0.504. The third-order valence-corrected chi connectivity index (χ3v) is 2.82. The lowest BCUT2D eigenvalue weighted by molar-refractivity contribution is -0.157. The molecule has 1 heterocycles. The van der Waals surface area contributed by atoms with Gasteiger partial charge in [-0.05, 0) is 40.0 Å². The van der Waals surface area contributed by atoms with Gasteiger partial charge in [0.15, 0.2) is 0 Å². The van der Waals surface area contributed by atoms with Gasteiger partial charge in [0.1, 0.15) is 12.6 Å². The van der Waals surface area contributed by atoms with Crippen LogP contribution in [0.3, 0.4) is 0 Å². The van der Waals surface area contributed by atoms with Crippen LogP contribution >= 0.6 is 0 Å². The molecule has 1 N–H and O–H groups in total. The third kappa shape index (κ3) is 4.00. The maximum Gasteiger partial charge on any atom is 0.323 e. The number of carbonyl (C=O) groups is 2. The smallest absolute Gasteiger partial charge is 0.323 e. The van der Waals surface area contributed by atoms with Crippen LogP contribution in [0.1, 0.15) is 40.0 Å². The van der Waals surface area contributed by atoms with Gasteiger partial charge in [0.2, 0.25) is 0 Å². The van der Waals surface area contributed by atoms with E-state index in [-0.39, 0.29) is 12.5 Å². The number of rotatable bonds is 3. The summed E-state index contributed by atoms with van der Waals surface area (Å²) in [5.74, 6) is -1.20. The Hall–Kier alpha value is -1.10. The fourth-order valence-corrected chi connectivity index (χ4v) is 1.89. The summed E-state index contributed by atoms with van der Waals surface area (Å²) < 4.78 is 5.41. The standard InChI is InChI=1S/C12H21NO4/c1-12(2,3)13(8-10(14)15)11(16)9-6-4-5-7-17-9/h9H,4-8H2,1-3H3,(H,14,15). The third-order valence-electron chi connectivity index (χ3n) is 2.82. The second-order valence-corrected chi connectivity index (χ2v) is 5.34. The Morgan fingerprint density at radius 1 is 1.35 bits per heavy atom. The van der Waals surface area contributed by atoms with E-state index in [2.05, 4.69) is 0 Å². The molecule has 1 unspecified atom stereocenters. The lowest BCUT2D eigenvalue weighted by Crippen LogP contribution is -2.53. The van der Waals surface area contributed by atoms with Gasteiger partial charge in [0.05, 0.1) is 0 Å². The molecule has 0 aromatic heterocycles. The van der Waals surface area contributed by atoms with Crippen LogP contribution in [0.4, 0.5) is 0 Å². The van der Waals surface area contributed by atoms with Crippen molar-refractivity contribution in [3.63, 3.8) is 0 Å². The van der Waals surface area contributed by atoms with Crippen LogP contribution in [0.5, 0.6) is 0 Å². The minimum absolute atomic E-state index is 0.209. The quantitative estimate of drug-likeness (QED) is 0.810. The lowest BCUT2D eigenvalue weighted by Gasteiger charge is -2.37. The number of carbonyl (C=O) groups excluding carboxylic acids is 1. The van der Waals surface area contributed by atoms with Gasteiger partial charge in [-0.25, -0.2) is 0 Å². The van der Waals surface area contributed by atoms with E-state index in [4.69, 9.17) is 9.84 Å². The average molecular weight is 243 g/mol. The van der Waals surface area contributed by atoms with Crippen LogP contribution in [-0.4, -0.2) is 46.7 Å². The van der Waals surface area contributed by atoms with Crippen molar-refractivity contribution in [1.29, 1.82) is 0 Å². The van der Waals surface area contributed by atoms with E-state index in [9.17, 15) is 9.59 Å². The summed E-state index contributed by atoms with van der Waals surface area (Å²) in [6.45, 7) is 5.80. The molecule has 5 heteroatoms. The largest absolute Gasteiger partial charge is 0.480 e. The van der Waals surface area contributed by atoms with E-state index in [1.165, 1.54) is 4.90 Å².